The molecule has 1 N–H and O–H groups in total. The van der Waals surface area contributed by atoms with Gasteiger partial charge in [0.25, 0.3) is 5.91 Å². The van der Waals surface area contributed by atoms with Crippen LogP contribution in [0.1, 0.15) is 22.3 Å². The Morgan fingerprint density at radius 3 is 2.90 bits per heavy atom. The normalized spacial score (nSPS) is 10.7. The van der Waals surface area contributed by atoms with Gasteiger partial charge in [-0.05, 0) is 18.6 Å². The van der Waals surface area contributed by atoms with Gasteiger partial charge in [-0.3, -0.25) is 15.1 Å². The van der Waals surface area contributed by atoms with Crippen molar-refractivity contribution in [2.45, 2.75) is 13.3 Å². The Hall–Kier alpha value is -2.34. The maximum Gasteiger partial charge on any atom is 0.258 e. The van der Waals surface area contributed by atoms with E-state index in [1.807, 2.05) is 31.2 Å². The Kier molecular flexibility index (Phi) is 3.39. The number of carbonyl (C=O) groups is 1. The first-order chi connectivity index (χ1) is 9.78. The lowest BCUT2D eigenvalue weighted by atomic mass is 10.1. The van der Waals surface area contributed by atoms with Crippen LogP contribution in [0.4, 0.5) is 5.13 Å². The predicted octanol–water partition coefficient (Wildman–Crippen LogP) is 2.90. The number of aromatic nitrogens is 3. The van der Waals surface area contributed by atoms with E-state index in [1.54, 1.807) is 12.3 Å². The van der Waals surface area contributed by atoms with Crippen molar-refractivity contribution in [1.29, 1.82) is 0 Å². The van der Waals surface area contributed by atoms with Gasteiger partial charge in [0.2, 0.25) is 5.13 Å². The van der Waals surface area contributed by atoms with Crippen molar-refractivity contribution in [3.8, 4) is 0 Å². The van der Waals surface area contributed by atoms with Crippen LogP contribution in [-0.4, -0.2) is 21.1 Å². The van der Waals surface area contributed by atoms with Crippen LogP contribution >= 0.6 is 11.3 Å². The van der Waals surface area contributed by atoms with Crippen LogP contribution in [0.15, 0.2) is 36.5 Å². The van der Waals surface area contributed by atoms with Crippen LogP contribution in [-0.2, 0) is 6.42 Å². The zero-order valence-corrected chi connectivity index (χ0v) is 11.6. The van der Waals surface area contributed by atoms with E-state index >= 15 is 0 Å². The lowest BCUT2D eigenvalue weighted by Crippen LogP contribution is -2.12. The number of rotatable bonds is 3. The Bertz CT molecular complexity index is 763. The maximum absolute atomic E-state index is 12.3. The molecule has 3 aromatic rings. The Balaban J connectivity index is 1.92. The van der Waals surface area contributed by atoms with Crippen LogP contribution in [0.2, 0.25) is 0 Å². The Labute approximate surface area is 119 Å². The summed E-state index contributed by atoms with van der Waals surface area (Å²) < 4.78 is 0. The topological polar surface area (TPSA) is 67.8 Å². The summed E-state index contributed by atoms with van der Waals surface area (Å²) in [6.45, 7) is 2.00. The third kappa shape index (κ3) is 2.37. The average molecular weight is 284 g/mol. The molecule has 6 heteroatoms. The number of benzene rings is 1. The van der Waals surface area contributed by atoms with Gasteiger partial charge in [-0.25, -0.2) is 0 Å². The zero-order chi connectivity index (χ0) is 13.9. The number of aryl methyl sites for hydroxylation is 1. The van der Waals surface area contributed by atoms with E-state index in [4.69, 9.17) is 0 Å². The van der Waals surface area contributed by atoms with Gasteiger partial charge in [0, 0.05) is 11.6 Å². The van der Waals surface area contributed by atoms with E-state index in [2.05, 4.69) is 20.5 Å². The highest BCUT2D eigenvalue weighted by atomic mass is 32.1. The molecule has 0 aliphatic carbocycles. The number of fused-ring (bicyclic) bond motifs is 1. The fourth-order valence-electron chi connectivity index (χ4n) is 1.91. The van der Waals surface area contributed by atoms with Gasteiger partial charge < -0.3 is 0 Å². The van der Waals surface area contributed by atoms with E-state index < -0.39 is 0 Å². The second-order valence-corrected chi connectivity index (χ2v) is 5.25. The molecule has 0 bridgehead atoms. The summed E-state index contributed by atoms with van der Waals surface area (Å²) in [5.74, 6) is -0.192. The van der Waals surface area contributed by atoms with Crippen LogP contribution < -0.4 is 5.32 Å². The van der Waals surface area contributed by atoms with Crippen LogP contribution in [0.5, 0.6) is 0 Å². The van der Waals surface area contributed by atoms with E-state index in [0.29, 0.717) is 10.7 Å². The summed E-state index contributed by atoms with van der Waals surface area (Å²) >= 11 is 1.39. The predicted molar refractivity (Wildman–Crippen MR) is 79.0 cm³/mol. The monoisotopic (exact) mass is 284 g/mol. The summed E-state index contributed by atoms with van der Waals surface area (Å²) in [6, 6.07) is 9.26. The standard InChI is InChI=1S/C14H12N4OS/c1-2-12-17-18-14(20-12)16-13(19)10-7-8-15-11-6-4-3-5-9(10)11/h3-8H,2H2,1H3,(H,16,18,19). The summed E-state index contributed by atoms with van der Waals surface area (Å²) in [5, 5.41) is 13.0. The third-order valence-corrected chi connectivity index (χ3v) is 3.87. The second kappa shape index (κ2) is 5.34. The number of pyridine rings is 1. The van der Waals surface area contributed by atoms with Crippen molar-refractivity contribution in [3.63, 3.8) is 0 Å². The summed E-state index contributed by atoms with van der Waals surface area (Å²) in [4.78, 5) is 16.6. The molecule has 0 saturated carbocycles. The first kappa shape index (κ1) is 12.7. The number of anilines is 1. The van der Waals surface area contributed by atoms with Gasteiger partial charge in [-0.15, -0.1) is 10.2 Å². The number of carbonyl (C=O) groups excluding carboxylic acids is 1. The van der Waals surface area contributed by atoms with Crippen molar-refractivity contribution in [2.24, 2.45) is 0 Å². The van der Waals surface area contributed by atoms with Crippen molar-refractivity contribution >= 4 is 33.3 Å². The number of amides is 1. The molecular formula is C14H12N4OS. The third-order valence-electron chi connectivity index (χ3n) is 2.88. The minimum atomic E-state index is -0.192. The quantitative estimate of drug-likeness (QED) is 0.803. The molecule has 100 valence electrons. The van der Waals surface area contributed by atoms with Gasteiger partial charge in [-0.1, -0.05) is 36.5 Å². The molecule has 0 saturated heterocycles. The lowest BCUT2D eigenvalue weighted by Gasteiger charge is -2.04. The minimum absolute atomic E-state index is 0.192. The van der Waals surface area contributed by atoms with E-state index in [9.17, 15) is 4.79 Å². The molecule has 0 radical (unpaired) electrons. The van der Waals surface area contributed by atoms with E-state index in [-0.39, 0.29) is 5.91 Å². The van der Waals surface area contributed by atoms with Gasteiger partial charge in [0.05, 0.1) is 11.1 Å². The molecular weight excluding hydrogens is 272 g/mol. The maximum atomic E-state index is 12.3. The number of hydrogen-bond acceptors (Lipinski definition) is 5. The van der Waals surface area contributed by atoms with Gasteiger partial charge in [0.1, 0.15) is 5.01 Å². The van der Waals surface area contributed by atoms with Gasteiger partial charge in [0.15, 0.2) is 0 Å². The molecule has 1 aromatic carbocycles. The smallest absolute Gasteiger partial charge is 0.258 e. The molecule has 0 aliphatic rings. The average Bonchev–Trinajstić information content (AvgIpc) is 2.94. The summed E-state index contributed by atoms with van der Waals surface area (Å²) in [7, 11) is 0. The molecule has 0 atom stereocenters. The molecule has 3 rings (SSSR count). The van der Waals surface area contributed by atoms with Crippen molar-refractivity contribution < 1.29 is 4.79 Å². The van der Waals surface area contributed by atoms with E-state index in [1.165, 1.54) is 11.3 Å². The molecule has 5 nitrogen and oxygen atoms in total. The molecule has 2 heterocycles. The highest BCUT2D eigenvalue weighted by Crippen LogP contribution is 2.20. The molecule has 0 spiro atoms. The molecule has 20 heavy (non-hydrogen) atoms. The highest BCUT2D eigenvalue weighted by Gasteiger charge is 2.12. The van der Waals surface area contributed by atoms with Crippen LogP contribution in [0, 0.1) is 0 Å². The second-order valence-electron chi connectivity index (χ2n) is 4.18. The Morgan fingerprint density at radius 1 is 1.25 bits per heavy atom. The SMILES string of the molecule is CCc1nnc(NC(=O)c2ccnc3ccccc23)s1. The van der Waals surface area contributed by atoms with Gasteiger partial charge >= 0.3 is 0 Å². The minimum Gasteiger partial charge on any atom is -0.296 e. The molecule has 1 amide bonds. The first-order valence-electron chi connectivity index (χ1n) is 6.25. The number of nitrogens with one attached hydrogen (secondary N) is 1. The highest BCUT2D eigenvalue weighted by molar-refractivity contribution is 7.15. The fourth-order valence-corrected chi connectivity index (χ4v) is 2.58. The van der Waals surface area contributed by atoms with E-state index in [0.717, 1.165) is 22.3 Å². The number of hydrogen-bond donors (Lipinski definition) is 1. The zero-order valence-electron chi connectivity index (χ0n) is 10.8. The van der Waals surface area contributed by atoms with Crippen molar-refractivity contribution in [3.05, 3.63) is 47.1 Å². The van der Waals surface area contributed by atoms with Gasteiger partial charge in [-0.2, -0.15) is 0 Å². The number of para-hydroxylation sites is 1. The first-order valence-corrected chi connectivity index (χ1v) is 7.07. The largest absolute Gasteiger partial charge is 0.296 e. The number of nitrogens with zero attached hydrogens (tertiary/aromatic N) is 3. The fraction of sp³-hybridized carbons (Fsp3) is 0.143. The molecule has 0 unspecified atom stereocenters. The Morgan fingerprint density at radius 2 is 2.10 bits per heavy atom. The molecule has 2 aromatic heterocycles. The lowest BCUT2D eigenvalue weighted by molar-refractivity contribution is 0.102. The summed E-state index contributed by atoms with van der Waals surface area (Å²) in [5.41, 5.74) is 1.38. The van der Waals surface area contributed by atoms with Crippen LogP contribution in [0.25, 0.3) is 10.9 Å². The van der Waals surface area contributed by atoms with Crippen molar-refractivity contribution in [1.82, 2.24) is 15.2 Å². The molecule has 0 fully saturated rings. The molecule has 0 aliphatic heterocycles. The van der Waals surface area contributed by atoms with Crippen molar-refractivity contribution in [2.75, 3.05) is 5.32 Å². The van der Waals surface area contributed by atoms with Crippen LogP contribution in [0.3, 0.4) is 0 Å². The summed E-state index contributed by atoms with van der Waals surface area (Å²) in [6.07, 6.45) is 2.44.